The lowest BCUT2D eigenvalue weighted by atomic mass is 10.1. The Morgan fingerprint density at radius 1 is 1.21 bits per heavy atom. The Kier molecular flexibility index (Phi) is 5.59. The molecule has 110 valence electrons. The van der Waals surface area contributed by atoms with E-state index in [1.165, 1.54) is 0 Å². The Hall–Kier alpha value is -1.31. The van der Waals surface area contributed by atoms with Crippen molar-refractivity contribution < 1.29 is 27.9 Å². The van der Waals surface area contributed by atoms with Crippen LogP contribution < -0.4 is 5.32 Å². The van der Waals surface area contributed by atoms with Gasteiger partial charge in [0, 0.05) is 19.6 Å². The van der Waals surface area contributed by atoms with E-state index >= 15 is 0 Å². The molecule has 1 atom stereocenters. The zero-order valence-corrected chi connectivity index (χ0v) is 10.4. The van der Waals surface area contributed by atoms with Gasteiger partial charge in [-0.2, -0.15) is 13.2 Å². The van der Waals surface area contributed by atoms with E-state index in [0.717, 1.165) is 19.3 Å². The highest BCUT2D eigenvalue weighted by atomic mass is 19.4. The number of aliphatic carboxylic acids is 1. The lowest BCUT2D eigenvalue weighted by molar-refractivity contribution is -0.192. The molecule has 0 aromatic heterocycles. The molecule has 1 aliphatic heterocycles. The van der Waals surface area contributed by atoms with E-state index in [9.17, 15) is 22.8 Å². The average Bonchev–Trinajstić information content (AvgIpc) is 2.33. The molecule has 5 nitrogen and oxygen atoms in total. The van der Waals surface area contributed by atoms with Gasteiger partial charge in [-0.3, -0.25) is 9.59 Å². The van der Waals surface area contributed by atoms with Crippen molar-refractivity contribution in [1.82, 2.24) is 10.2 Å². The van der Waals surface area contributed by atoms with Crippen molar-refractivity contribution >= 4 is 11.9 Å². The lowest BCUT2D eigenvalue weighted by Crippen LogP contribution is -2.45. The number of piperidine rings is 1. The predicted molar refractivity (Wildman–Crippen MR) is 60.5 cm³/mol. The van der Waals surface area contributed by atoms with Crippen molar-refractivity contribution in [1.29, 1.82) is 0 Å². The van der Waals surface area contributed by atoms with Gasteiger partial charge in [0.25, 0.3) is 0 Å². The van der Waals surface area contributed by atoms with Gasteiger partial charge < -0.3 is 15.3 Å². The normalized spacial score (nSPS) is 18.2. The molecule has 1 aliphatic rings. The van der Waals surface area contributed by atoms with Gasteiger partial charge in [-0.05, 0) is 19.3 Å². The smallest absolute Gasteiger partial charge is 0.403 e. The first-order chi connectivity index (χ1) is 8.82. The van der Waals surface area contributed by atoms with Gasteiger partial charge in [-0.25, -0.2) is 0 Å². The summed E-state index contributed by atoms with van der Waals surface area (Å²) >= 11 is 0. The van der Waals surface area contributed by atoms with Crippen LogP contribution in [0.4, 0.5) is 13.2 Å². The summed E-state index contributed by atoms with van der Waals surface area (Å²) in [7, 11) is 0. The van der Waals surface area contributed by atoms with E-state index in [2.05, 4.69) is 5.32 Å². The minimum absolute atomic E-state index is 0.264. The third-order valence-corrected chi connectivity index (χ3v) is 3.03. The lowest BCUT2D eigenvalue weighted by Gasteiger charge is -2.27. The third kappa shape index (κ3) is 5.06. The highest BCUT2D eigenvalue weighted by molar-refractivity contribution is 5.78. The van der Waals surface area contributed by atoms with Crippen LogP contribution in [0.25, 0.3) is 0 Å². The fraction of sp³-hybridized carbons (Fsp3) is 0.818. The van der Waals surface area contributed by atoms with Gasteiger partial charge in [0.15, 0.2) is 5.92 Å². The number of carboxylic acid groups (broad SMARTS) is 1. The zero-order chi connectivity index (χ0) is 14.5. The second-order valence-corrected chi connectivity index (χ2v) is 4.50. The molecule has 8 heteroatoms. The van der Waals surface area contributed by atoms with Crippen LogP contribution in [0.2, 0.25) is 0 Å². The summed E-state index contributed by atoms with van der Waals surface area (Å²) < 4.78 is 37.0. The molecular formula is C11H17F3N2O3. The molecule has 1 fully saturated rings. The number of alkyl halides is 3. The molecule has 0 aromatic carbocycles. The Labute approximate surface area is 108 Å². The monoisotopic (exact) mass is 282 g/mol. The van der Waals surface area contributed by atoms with E-state index in [0.29, 0.717) is 13.1 Å². The Balaban J connectivity index is 2.35. The van der Waals surface area contributed by atoms with Gasteiger partial charge in [0.05, 0.1) is 6.54 Å². The van der Waals surface area contributed by atoms with Gasteiger partial charge >= 0.3 is 12.1 Å². The Morgan fingerprint density at radius 2 is 1.79 bits per heavy atom. The van der Waals surface area contributed by atoms with Crippen LogP contribution in [0.3, 0.4) is 0 Å². The molecule has 1 saturated heterocycles. The van der Waals surface area contributed by atoms with E-state index in [1.807, 2.05) is 0 Å². The number of carbonyl (C=O) groups excluding carboxylic acids is 1. The number of hydrogen-bond donors (Lipinski definition) is 2. The molecule has 1 amide bonds. The number of carboxylic acids is 1. The summed E-state index contributed by atoms with van der Waals surface area (Å²) in [5.74, 6) is -4.71. The van der Waals surface area contributed by atoms with E-state index < -0.39 is 24.6 Å². The number of nitrogens with zero attached hydrogens (tertiary/aromatic N) is 1. The maximum Gasteiger partial charge on any atom is 0.403 e. The van der Waals surface area contributed by atoms with Crippen molar-refractivity contribution in [2.24, 2.45) is 5.92 Å². The summed E-state index contributed by atoms with van der Waals surface area (Å²) in [5, 5.41) is 10.7. The highest BCUT2D eigenvalue weighted by Gasteiger charge is 2.44. The molecule has 0 spiro atoms. The molecule has 0 aliphatic carbocycles. The summed E-state index contributed by atoms with van der Waals surface area (Å²) in [6, 6.07) is 0. The van der Waals surface area contributed by atoms with Crippen LogP contribution in [0.1, 0.15) is 19.3 Å². The largest absolute Gasteiger partial charge is 0.481 e. The molecular weight excluding hydrogens is 265 g/mol. The van der Waals surface area contributed by atoms with E-state index in [1.54, 1.807) is 4.90 Å². The average molecular weight is 282 g/mol. The van der Waals surface area contributed by atoms with Crippen LogP contribution in [-0.2, 0) is 9.59 Å². The van der Waals surface area contributed by atoms with Crippen LogP contribution in [0.5, 0.6) is 0 Å². The molecule has 19 heavy (non-hydrogen) atoms. The maximum absolute atomic E-state index is 12.3. The summed E-state index contributed by atoms with van der Waals surface area (Å²) in [4.78, 5) is 23.7. The highest BCUT2D eigenvalue weighted by Crippen LogP contribution is 2.25. The number of halogens is 3. The number of nitrogens with one attached hydrogen (secondary N) is 1. The molecule has 0 aromatic rings. The number of likely N-dealkylation sites (tertiary alicyclic amines) is 1. The quantitative estimate of drug-likeness (QED) is 0.784. The van der Waals surface area contributed by atoms with Gasteiger partial charge in [0.2, 0.25) is 5.91 Å². The summed E-state index contributed by atoms with van der Waals surface area (Å²) in [5.41, 5.74) is 0. The van der Waals surface area contributed by atoms with Crippen LogP contribution in [-0.4, -0.2) is 54.2 Å². The van der Waals surface area contributed by atoms with Gasteiger partial charge in [-0.15, -0.1) is 0 Å². The molecule has 2 N–H and O–H groups in total. The number of hydrogen-bond acceptors (Lipinski definition) is 3. The van der Waals surface area contributed by atoms with Crippen LogP contribution in [0, 0.1) is 5.92 Å². The first kappa shape index (κ1) is 15.7. The second kappa shape index (κ2) is 6.74. The van der Waals surface area contributed by atoms with Crippen molar-refractivity contribution in [3.8, 4) is 0 Å². The number of carbonyl (C=O) groups is 2. The summed E-state index contributed by atoms with van der Waals surface area (Å²) in [6.45, 7) is 0.169. The van der Waals surface area contributed by atoms with Crippen molar-refractivity contribution in [2.75, 3.05) is 26.2 Å². The fourth-order valence-electron chi connectivity index (χ4n) is 1.92. The number of amides is 1. The van der Waals surface area contributed by atoms with Gasteiger partial charge in [0.1, 0.15) is 0 Å². The molecule has 0 bridgehead atoms. The van der Waals surface area contributed by atoms with E-state index in [4.69, 9.17) is 5.11 Å². The standard InChI is InChI=1S/C11H17F3N2O3/c12-11(13,14)8(10(18)19)6-15-7-9(17)16-4-2-1-3-5-16/h8,15H,1-7H2,(H,18,19). The first-order valence-electron chi connectivity index (χ1n) is 6.10. The Morgan fingerprint density at radius 3 is 2.26 bits per heavy atom. The van der Waals surface area contributed by atoms with E-state index in [-0.39, 0.29) is 12.5 Å². The maximum atomic E-state index is 12.3. The number of rotatable bonds is 5. The van der Waals surface area contributed by atoms with Gasteiger partial charge in [-0.1, -0.05) is 0 Å². The second-order valence-electron chi connectivity index (χ2n) is 4.50. The van der Waals surface area contributed by atoms with Crippen molar-refractivity contribution in [3.05, 3.63) is 0 Å². The minimum Gasteiger partial charge on any atom is -0.481 e. The fourth-order valence-corrected chi connectivity index (χ4v) is 1.92. The molecule has 0 saturated carbocycles. The topological polar surface area (TPSA) is 69.6 Å². The third-order valence-electron chi connectivity index (χ3n) is 3.03. The molecule has 0 radical (unpaired) electrons. The SMILES string of the molecule is O=C(O)C(CNCC(=O)N1CCCCC1)C(F)(F)F. The summed E-state index contributed by atoms with van der Waals surface area (Å²) in [6.07, 6.45) is -1.97. The molecule has 1 unspecified atom stereocenters. The molecule has 1 heterocycles. The molecule has 1 rings (SSSR count). The van der Waals surface area contributed by atoms with Crippen LogP contribution >= 0.6 is 0 Å². The zero-order valence-electron chi connectivity index (χ0n) is 10.4. The van der Waals surface area contributed by atoms with Crippen molar-refractivity contribution in [3.63, 3.8) is 0 Å². The van der Waals surface area contributed by atoms with Crippen molar-refractivity contribution in [2.45, 2.75) is 25.4 Å². The predicted octanol–water partition coefficient (Wildman–Crippen LogP) is 0.852. The first-order valence-corrected chi connectivity index (χ1v) is 6.10. The minimum atomic E-state index is -4.81. The Bertz CT molecular complexity index is 328. The van der Waals surface area contributed by atoms with Crippen LogP contribution in [0.15, 0.2) is 0 Å².